The van der Waals surface area contributed by atoms with Crippen molar-refractivity contribution in [2.45, 2.75) is 44.7 Å². The lowest BCUT2D eigenvalue weighted by atomic mass is 9.70. The highest BCUT2D eigenvalue weighted by atomic mass is 35.5. The van der Waals surface area contributed by atoms with E-state index in [2.05, 4.69) is 15.4 Å². The number of nitrogens with one attached hydrogen (secondary N) is 2. The lowest BCUT2D eigenvalue weighted by Gasteiger charge is -2.38. The molecule has 0 radical (unpaired) electrons. The summed E-state index contributed by atoms with van der Waals surface area (Å²) < 4.78 is 15.4. The second-order valence-corrected chi connectivity index (χ2v) is 8.83. The molecule has 1 amide bonds. The Kier molecular flexibility index (Phi) is 9.39. The van der Waals surface area contributed by atoms with E-state index in [1.54, 1.807) is 18.2 Å². The molecule has 1 aromatic rings. The fraction of sp³-hybridized carbons (Fsp3) is 0.500. The number of hydrogen-bond acceptors (Lipinski definition) is 8. The summed E-state index contributed by atoms with van der Waals surface area (Å²) in [6.07, 6.45) is -1.07. The molecule has 1 aliphatic rings. The molecule has 1 heterocycles. The number of benzene rings is 1. The fourth-order valence-electron chi connectivity index (χ4n) is 3.28. The van der Waals surface area contributed by atoms with Gasteiger partial charge in [-0.25, -0.2) is 4.79 Å². The summed E-state index contributed by atoms with van der Waals surface area (Å²) in [7, 11) is -0.328. The van der Waals surface area contributed by atoms with Gasteiger partial charge in [-0.2, -0.15) is 0 Å². The molecule has 1 fully saturated rings. The van der Waals surface area contributed by atoms with Crippen LogP contribution in [0.4, 0.5) is 5.69 Å². The molecular formula is C20H25BCl2N2O8. The number of carboxylic acids is 1. The molecule has 13 heteroatoms. The summed E-state index contributed by atoms with van der Waals surface area (Å²) in [6.45, 7) is 3.54. The van der Waals surface area contributed by atoms with Crippen molar-refractivity contribution in [3.63, 3.8) is 0 Å². The number of ether oxygens (including phenoxy) is 1. The van der Waals surface area contributed by atoms with E-state index in [-0.39, 0.29) is 12.5 Å². The minimum Gasteiger partial charge on any atom is -0.508 e. The molecule has 0 unspecified atom stereocenters. The number of carbonyl (C=O) groups excluding carboxylic acids is 3. The van der Waals surface area contributed by atoms with Gasteiger partial charge in [-0.1, -0.05) is 37.0 Å². The van der Waals surface area contributed by atoms with E-state index in [4.69, 9.17) is 32.5 Å². The van der Waals surface area contributed by atoms with E-state index in [0.717, 1.165) is 7.11 Å². The van der Waals surface area contributed by atoms with Crippen LogP contribution < -0.4 is 10.6 Å². The van der Waals surface area contributed by atoms with Crippen LogP contribution in [0.2, 0.25) is 10.0 Å². The van der Waals surface area contributed by atoms with Crippen molar-refractivity contribution in [1.29, 1.82) is 0 Å². The summed E-state index contributed by atoms with van der Waals surface area (Å²) in [6, 6.07) is 4.74. The SMILES string of the molecule is COC(=O)C[C@]1(C(=O)O)CC(=O)OB([C@H](CC(C)C)NC(=O)CNc2cc(Cl)ccc2Cl)O1. The smallest absolute Gasteiger partial charge is 0.508 e. The van der Waals surface area contributed by atoms with Crippen LogP contribution in [0.5, 0.6) is 0 Å². The van der Waals surface area contributed by atoms with Crippen LogP contribution in [0, 0.1) is 5.92 Å². The Morgan fingerprint density at radius 3 is 2.61 bits per heavy atom. The Morgan fingerprint density at radius 1 is 1.30 bits per heavy atom. The Morgan fingerprint density at radius 2 is 2.00 bits per heavy atom. The van der Waals surface area contributed by atoms with E-state index in [1.165, 1.54) is 0 Å². The topological polar surface area (TPSA) is 140 Å². The van der Waals surface area contributed by atoms with Crippen LogP contribution in [0.25, 0.3) is 0 Å². The van der Waals surface area contributed by atoms with Crippen molar-refractivity contribution >= 4 is 59.8 Å². The quantitative estimate of drug-likeness (QED) is 0.324. The van der Waals surface area contributed by atoms with Gasteiger partial charge in [-0.05, 0) is 30.5 Å². The Hall–Kier alpha value is -2.50. The predicted molar refractivity (Wildman–Crippen MR) is 121 cm³/mol. The molecule has 1 aliphatic heterocycles. The molecule has 33 heavy (non-hydrogen) atoms. The molecule has 2 rings (SSSR count). The zero-order chi connectivity index (χ0) is 24.8. The summed E-state index contributed by atoms with van der Waals surface area (Å²) in [4.78, 5) is 48.6. The van der Waals surface area contributed by atoms with E-state index >= 15 is 0 Å². The summed E-state index contributed by atoms with van der Waals surface area (Å²) in [5.41, 5.74) is -1.72. The van der Waals surface area contributed by atoms with Crippen molar-refractivity contribution < 1.29 is 38.3 Å². The number of amides is 1. The lowest BCUT2D eigenvalue weighted by Crippen LogP contribution is -2.61. The Bertz CT molecular complexity index is 916. The molecule has 180 valence electrons. The number of halogens is 2. The van der Waals surface area contributed by atoms with Crippen molar-refractivity contribution in [2.24, 2.45) is 5.92 Å². The van der Waals surface area contributed by atoms with Crippen molar-refractivity contribution in [2.75, 3.05) is 19.0 Å². The van der Waals surface area contributed by atoms with Gasteiger partial charge in [0.05, 0.1) is 43.1 Å². The molecule has 0 bridgehead atoms. The zero-order valence-electron chi connectivity index (χ0n) is 18.4. The van der Waals surface area contributed by atoms with Crippen molar-refractivity contribution in [3.8, 4) is 0 Å². The van der Waals surface area contributed by atoms with Gasteiger partial charge >= 0.3 is 19.1 Å². The molecule has 0 aliphatic carbocycles. The molecule has 0 aromatic heterocycles. The van der Waals surface area contributed by atoms with E-state index < -0.39 is 55.3 Å². The van der Waals surface area contributed by atoms with Gasteiger partial charge in [-0.15, -0.1) is 0 Å². The van der Waals surface area contributed by atoms with Crippen molar-refractivity contribution in [3.05, 3.63) is 28.2 Å². The van der Waals surface area contributed by atoms with Gasteiger partial charge in [-0.3, -0.25) is 14.4 Å². The van der Waals surface area contributed by atoms with Crippen molar-refractivity contribution in [1.82, 2.24) is 5.32 Å². The van der Waals surface area contributed by atoms with Gasteiger partial charge < -0.3 is 29.8 Å². The van der Waals surface area contributed by atoms with E-state index in [1.807, 2.05) is 13.8 Å². The summed E-state index contributed by atoms with van der Waals surface area (Å²) >= 11 is 12.0. The molecule has 3 N–H and O–H groups in total. The average molecular weight is 503 g/mol. The largest absolute Gasteiger partial charge is 0.552 e. The first-order chi connectivity index (χ1) is 15.5. The predicted octanol–water partition coefficient (Wildman–Crippen LogP) is 2.31. The summed E-state index contributed by atoms with van der Waals surface area (Å²) in [5, 5.41) is 16.1. The third-order valence-corrected chi connectivity index (χ3v) is 5.40. The molecular weight excluding hydrogens is 478 g/mol. The summed E-state index contributed by atoms with van der Waals surface area (Å²) in [5.74, 6) is -4.59. The maximum Gasteiger partial charge on any atom is 0.552 e. The normalized spacial score (nSPS) is 19.0. The van der Waals surface area contributed by atoms with Crippen LogP contribution in [0.1, 0.15) is 33.1 Å². The number of methoxy groups -OCH3 is 1. The monoisotopic (exact) mass is 502 g/mol. The number of carboxylic acid groups (broad SMARTS) is 1. The maximum absolute atomic E-state index is 12.6. The van der Waals surface area contributed by atoms with Gasteiger partial charge in [0.1, 0.15) is 0 Å². The Balaban J connectivity index is 2.17. The third kappa shape index (κ3) is 7.51. The second kappa shape index (κ2) is 11.6. The first kappa shape index (κ1) is 26.8. The van der Waals surface area contributed by atoms with E-state index in [0.29, 0.717) is 22.2 Å². The highest BCUT2D eigenvalue weighted by molar-refractivity contribution is 6.50. The molecule has 2 atom stereocenters. The molecule has 1 aromatic carbocycles. The van der Waals surface area contributed by atoms with Gasteiger partial charge in [0.2, 0.25) is 5.91 Å². The van der Waals surface area contributed by atoms with Crippen LogP contribution >= 0.6 is 23.2 Å². The number of esters is 1. The van der Waals surface area contributed by atoms with Gasteiger partial charge in [0.25, 0.3) is 5.97 Å². The maximum atomic E-state index is 12.6. The van der Waals surface area contributed by atoms with Crippen LogP contribution in [-0.2, 0) is 33.2 Å². The Labute approximate surface area is 201 Å². The zero-order valence-corrected chi connectivity index (χ0v) is 19.9. The lowest BCUT2D eigenvalue weighted by molar-refractivity contribution is -0.175. The number of aliphatic carboxylic acids is 1. The van der Waals surface area contributed by atoms with Crippen LogP contribution in [-0.4, -0.2) is 61.2 Å². The minimum atomic E-state index is -2.17. The number of anilines is 1. The van der Waals surface area contributed by atoms with Gasteiger partial charge in [0, 0.05) is 5.02 Å². The van der Waals surface area contributed by atoms with Crippen LogP contribution in [0.3, 0.4) is 0 Å². The van der Waals surface area contributed by atoms with E-state index in [9.17, 15) is 24.3 Å². The molecule has 0 spiro atoms. The average Bonchev–Trinajstić information content (AvgIpc) is 2.72. The second-order valence-electron chi connectivity index (χ2n) is 7.99. The third-order valence-electron chi connectivity index (χ3n) is 4.83. The standard InChI is InChI=1S/C20H25BCl2N2O8/c1-11(2)6-15(25-16(26)10-24-14-7-12(22)4-5-13(14)23)21-32-18(28)9-20(33-21,19(29)30)8-17(27)31-3/h4-5,7,11,15,24H,6,8-10H2,1-3H3,(H,25,26)(H,29,30)/t15-,20+/m0/s1. The number of carbonyl (C=O) groups is 4. The fourth-order valence-corrected chi connectivity index (χ4v) is 3.64. The highest BCUT2D eigenvalue weighted by Crippen LogP contribution is 2.30. The minimum absolute atomic E-state index is 0.0229. The number of rotatable bonds is 10. The van der Waals surface area contributed by atoms with Crippen LogP contribution in [0.15, 0.2) is 18.2 Å². The molecule has 1 saturated heterocycles. The highest BCUT2D eigenvalue weighted by Gasteiger charge is 2.54. The first-order valence-electron chi connectivity index (χ1n) is 10.1. The van der Waals surface area contributed by atoms with Gasteiger partial charge in [0.15, 0.2) is 5.60 Å². The molecule has 10 nitrogen and oxygen atoms in total. The number of hydrogen-bond donors (Lipinski definition) is 3. The molecule has 0 saturated carbocycles. The first-order valence-corrected chi connectivity index (χ1v) is 10.9.